The molecule has 0 saturated carbocycles. The van der Waals surface area contributed by atoms with E-state index in [-0.39, 0.29) is 18.4 Å². The Hall–Kier alpha value is -1.55. The van der Waals surface area contributed by atoms with E-state index in [2.05, 4.69) is 19.2 Å². The summed E-state index contributed by atoms with van der Waals surface area (Å²) in [6.45, 7) is 8.22. The van der Waals surface area contributed by atoms with Gasteiger partial charge in [-0.1, -0.05) is 31.5 Å². The van der Waals surface area contributed by atoms with Crippen molar-refractivity contribution in [1.82, 2.24) is 4.90 Å². The third kappa shape index (κ3) is 6.17. The highest BCUT2D eigenvalue weighted by Crippen LogP contribution is 2.20. The fourth-order valence-electron chi connectivity index (χ4n) is 1.85. The highest BCUT2D eigenvalue weighted by Gasteiger charge is 2.14. The smallest absolute Gasteiger partial charge is 0.244 e. The van der Waals surface area contributed by atoms with E-state index >= 15 is 0 Å². The summed E-state index contributed by atoms with van der Waals surface area (Å²) in [6, 6.07) is 5.33. The third-order valence-corrected chi connectivity index (χ3v) is 3.46. The quantitative estimate of drug-likeness (QED) is 0.874. The van der Waals surface area contributed by atoms with Crippen LogP contribution in [0.5, 0.6) is 0 Å². The Morgan fingerprint density at radius 1 is 1.33 bits per heavy atom. The Morgan fingerprint density at radius 2 is 2.00 bits per heavy atom. The second kappa shape index (κ2) is 8.03. The Morgan fingerprint density at radius 3 is 2.57 bits per heavy atom. The minimum absolute atomic E-state index is 0.0635. The van der Waals surface area contributed by atoms with Crippen LogP contribution in [0, 0.1) is 12.8 Å². The second-order valence-corrected chi connectivity index (χ2v) is 6.07. The topological polar surface area (TPSA) is 49.4 Å². The van der Waals surface area contributed by atoms with Crippen LogP contribution in [0.25, 0.3) is 0 Å². The number of halogens is 1. The van der Waals surface area contributed by atoms with Gasteiger partial charge in [-0.2, -0.15) is 0 Å². The maximum absolute atomic E-state index is 12.1. The molecule has 4 nitrogen and oxygen atoms in total. The second-order valence-electron chi connectivity index (χ2n) is 5.63. The van der Waals surface area contributed by atoms with Crippen molar-refractivity contribution in [2.45, 2.75) is 34.1 Å². The van der Waals surface area contributed by atoms with Crippen LogP contribution in [-0.4, -0.2) is 29.8 Å². The van der Waals surface area contributed by atoms with Crippen LogP contribution in [-0.2, 0) is 9.59 Å². The molecule has 21 heavy (non-hydrogen) atoms. The molecular formula is C16H23ClN2O2. The predicted octanol–water partition coefficient (Wildman–Crippen LogP) is 3.48. The van der Waals surface area contributed by atoms with Gasteiger partial charge < -0.3 is 10.2 Å². The number of aryl methyl sites for hydroxylation is 1. The molecule has 0 aliphatic rings. The monoisotopic (exact) mass is 310 g/mol. The van der Waals surface area contributed by atoms with Crippen molar-refractivity contribution in [3.8, 4) is 0 Å². The molecule has 0 aromatic heterocycles. The third-order valence-electron chi connectivity index (χ3n) is 3.23. The Balaban J connectivity index is 2.65. The minimum atomic E-state index is -0.209. The highest BCUT2D eigenvalue weighted by atomic mass is 35.5. The van der Waals surface area contributed by atoms with Crippen molar-refractivity contribution in [2.24, 2.45) is 5.92 Å². The molecule has 0 heterocycles. The standard InChI is InChI=1S/C16H23ClN2O2/c1-11(2)7-8-19(13(4)20)10-16(21)18-15-9-14(17)6-5-12(15)3/h5-6,9,11H,7-8,10H2,1-4H3,(H,18,21). The van der Waals surface area contributed by atoms with E-state index in [1.54, 1.807) is 17.0 Å². The SMILES string of the molecule is CC(=O)N(CCC(C)C)CC(=O)Nc1cc(Cl)ccc1C. The number of nitrogens with zero attached hydrogens (tertiary/aromatic N) is 1. The first kappa shape index (κ1) is 17.5. The van der Waals surface area contributed by atoms with Gasteiger partial charge in [-0.15, -0.1) is 0 Å². The first-order valence-corrected chi connectivity index (χ1v) is 7.49. The molecule has 0 fully saturated rings. The number of nitrogens with one attached hydrogen (secondary N) is 1. The molecule has 5 heteroatoms. The lowest BCUT2D eigenvalue weighted by molar-refractivity contribution is -0.132. The summed E-state index contributed by atoms with van der Waals surface area (Å²) < 4.78 is 0. The lowest BCUT2D eigenvalue weighted by atomic mass is 10.1. The summed E-state index contributed by atoms with van der Waals surface area (Å²) in [5, 5.41) is 3.38. The van der Waals surface area contributed by atoms with Crippen molar-refractivity contribution in [3.63, 3.8) is 0 Å². The average molecular weight is 311 g/mol. The van der Waals surface area contributed by atoms with Gasteiger partial charge in [0.25, 0.3) is 0 Å². The number of hydrogen-bond acceptors (Lipinski definition) is 2. The zero-order chi connectivity index (χ0) is 16.0. The largest absolute Gasteiger partial charge is 0.334 e. The summed E-state index contributed by atoms with van der Waals surface area (Å²) in [5.41, 5.74) is 1.61. The van der Waals surface area contributed by atoms with Crippen molar-refractivity contribution in [2.75, 3.05) is 18.4 Å². The van der Waals surface area contributed by atoms with Crippen LogP contribution in [0.15, 0.2) is 18.2 Å². The minimum Gasteiger partial charge on any atom is -0.334 e. The van der Waals surface area contributed by atoms with Crippen LogP contribution in [0.3, 0.4) is 0 Å². The van der Waals surface area contributed by atoms with Crippen LogP contribution in [0.4, 0.5) is 5.69 Å². The summed E-state index contributed by atoms with van der Waals surface area (Å²) >= 11 is 5.93. The Kier molecular flexibility index (Phi) is 6.69. The first-order valence-electron chi connectivity index (χ1n) is 7.11. The molecule has 0 aliphatic carbocycles. The lowest BCUT2D eigenvalue weighted by Gasteiger charge is -2.21. The van der Waals surface area contributed by atoms with E-state index in [9.17, 15) is 9.59 Å². The number of anilines is 1. The normalized spacial score (nSPS) is 10.6. The first-order chi connectivity index (χ1) is 9.79. The van der Waals surface area contributed by atoms with Gasteiger partial charge in [0, 0.05) is 24.2 Å². The van der Waals surface area contributed by atoms with E-state index < -0.39 is 0 Å². The molecule has 0 saturated heterocycles. The maximum atomic E-state index is 12.1. The molecule has 0 atom stereocenters. The van der Waals surface area contributed by atoms with Crippen molar-refractivity contribution in [1.29, 1.82) is 0 Å². The molecule has 0 aliphatic heterocycles. The van der Waals surface area contributed by atoms with Gasteiger partial charge in [0.05, 0.1) is 6.54 Å². The molecule has 1 rings (SSSR count). The van der Waals surface area contributed by atoms with Gasteiger partial charge in [0.15, 0.2) is 0 Å². The summed E-state index contributed by atoms with van der Waals surface area (Å²) in [7, 11) is 0. The number of carbonyl (C=O) groups excluding carboxylic acids is 2. The number of benzene rings is 1. The molecule has 1 aromatic rings. The molecule has 1 aromatic carbocycles. The predicted molar refractivity (Wildman–Crippen MR) is 86.5 cm³/mol. The zero-order valence-electron chi connectivity index (χ0n) is 13.1. The number of hydrogen-bond donors (Lipinski definition) is 1. The fourth-order valence-corrected chi connectivity index (χ4v) is 2.03. The molecule has 1 N–H and O–H groups in total. The molecule has 0 bridgehead atoms. The van der Waals surface area contributed by atoms with Gasteiger partial charge in [-0.3, -0.25) is 9.59 Å². The molecule has 116 valence electrons. The van der Waals surface area contributed by atoms with Gasteiger partial charge in [0.1, 0.15) is 0 Å². The van der Waals surface area contributed by atoms with Gasteiger partial charge in [-0.05, 0) is 37.0 Å². The van der Waals surface area contributed by atoms with E-state index in [0.717, 1.165) is 12.0 Å². The van der Waals surface area contributed by atoms with Crippen LogP contribution < -0.4 is 5.32 Å². The van der Waals surface area contributed by atoms with Crippen LogP contribution >= 0.6 is 11.6 Å². The fraction of sp³-hybridized carbons (Fsp3) is 0.500. The van der Waals surface area contributed by atoms with Crippen LogP contribution in [0.1, 0.15) is 32.8 Å². The summed E-state index contributed by atoms with van der Waals surface area (Å²) in [5.74, 6) is 0.193. The zero-order valence-corrected chi connectivity index (χ0v) is 13.8. The maximum Gasteiger partial charge on any atom is 0.244 e. The summed E-state index contributed by atoms with van der Waals surface area (Å²) in [6.07, 6.45) is 0.878. The Labute approximate surface area is 131 Å². The molecule has 0 radical (unpaired) electrons. The summed E-state index contributed by atoms with van der Waals surface area (Å²) in [4.78, 5) is 25.2. The number of carbonyl (C=O) groups is 2. The molecule has 0 spiro atoms. The van der Waals surface area contributed by atoms with Crippen LogP contribution in [0.2, 0.25) is 5.02 Å². The van der Waals surface area contributed by atoms with E-state index in [4.69, 9.17) is 11.6 Å². The van der Waals surface area contributed by atoms with Crippen molar-refractivity contribution < 1.29 is 9.59 Å². The van der Waals surface area contributed by atoms with E-state index in [0.29, 0.717) is 23.2 Å². The van der Waals surface area contributed by atoms with Gasteiger partial charge in [0.2, 0.25) is 11.8 Å². The van der Waals surface area contributed by atoms with Gasteiger partial charge >= 0.3 is 0 Å². The molecule has 2 amide bonds. The lowest BCUT2D eigenvalue weighted by Crippen LogP contribution is -2.37. The Bertz CT molecular complexity index is 515. The highest BCUT2D eigenvalue weighted by molar-refractivity contribution is 6.31. The number of rotatable bonds is 6. The average Bonchev–Trinajstić information content (AvgIpc) is 2.38. The van der Waals surface area contributed by atoms with Crippen molar-refractivity contribution in [3.05, 3.63) is 28.8 Å². The number of amides is 2. The molecule has 0 unspecified atom stereocenters. The van der Waals surface area contributed by atoms with Gasteiger partial charge in [-0.25, -0.2) is 0 Å². The van der Waals surface area contributed by atoms with E-state index in [1.165, 1.54) is 6.92 Å². The van der Waals surface area contributed by atoms with Crippen molar-refractivity contribution >= 4 is 29.1 Å². The van der Waals surface area contributed by atoms with E-state index in [1.807, 2.05) is 13.0 Å². The molecular weight excluding hydrogens is 288 g/mol.